The second kappa shape index (κ2) is 6.27. The summed E-state index contributed by atoms with van der Waals surface area (Å²) in [6.07, 6.45) is -4.00. The van der Waals surface area contributed by atoms with Gasteiger partial charge in [0.15, 0.2) is 11.6 Å². The zero-order valence-electron chi connectivity index (χ0n) is 11.2. The fourth-order valence-corrected chi connectivity index (χ4v) is 2.68. The largest absolute Gasteiger partial charge is 0.396 e. The van der Waals surface area contributed by atoms with Gasteiger partial charge in [0.25, 0.3) is 0 Å². The minimum Gasteiger partial charge on any atom is -0.396 e. The number of rotatable bonds is 4. The summed E-state index contributed by atoms with van der Waals surface area (Å²) in [6.45, 7) is -0.206. The van der Waals surface area contributed by atoms with Crippen molar-refractivity contribution in [3.63, 3.8) is 0 Å². The van der Waals surface area contributed by atoms with Crippen LogP contribution in [0.1, 0.15) is 5.56 Å². The molecule has 1 aliphatic heterocycles. The van der Waals surface area contributed by atoms with Gasteiger partial charge in [0.1, 0.15) is 0 Å². The second-order valence-electron chi connectivity index (χ2n) is 5.35. The van der Waals surface area contributed by atoms with Gasteiger partial charge >= 0.3 is 6.18 Å². The number of hydrogen-bond acceptors (Lipinski definition) is 2. The van der Waals surface area contributed by atoms with Crippen LogP contribution < -0.4 is 0 Å². The Morgan fingerprint density at radius 2 is 1.86 bits per heavy atom. The number of aliphatic hydroxyl groups is 1. The van der Waals surface area contributed by atoms with Gasteiger partial charge in [0.05, 0.1) is 5.92 Å². The highest BCUT2D eigenvalue weighted by Gasteiger charge is 2.49. The average molecular weight is 309 g/mol. The van der Waals surface area contributed by atoms with Crippen molar-refractivity contribution >= 4 is 0 Å². The van der Waals surface area contributed by atoms with Crippen LogP contribution in [0.2, 0.25) is 0 Å². The normalized spacial score (nSPS) is 23.7. The molecule has 2 rings (SSSR count). The standard InChI is InChI=1S/C14H16F5NO/c15-12-2-1-9(5-13(12)16)3-4-20-6-10(8-21)11(7-20)14(17,18)19/h1-2,5,10-11,21H,3-4,6-8H2/t10-,11+/m1/s1. The highest BCUT2D eigenvalue weighted by Crippen LogP contribution is 2.37. The molecule has 0 aliphatic carbocycles. The topological polar surface area (TPSA) is 23.5 Å². The average Bonchev–Trinajstić information content (AvgIpc) is 2.83. The summed E-state index contributed by atoms with van der Waals surface area (Å²) >= 11 is 0. The summed E-state index contributed by atoms with van der Waals surface area (Å²) in [7, 11) is 0. The van der Waals surface area contributed by atoms with Gasteiger partial charge in [-0.3, -0.25) is 0 Å². The molecule has 21 heavy (non-hydrogen) atoms. The quantitative estimate of drug-likeness (QED) is 0.864. The lowest BCUT2D eigenvalue weighted by Gasteiger charge is -2.19. The molecule has 2 atom stereocenters. The van der Waals surface area contributed by atoms with Crippen LogP contribution in [0.15, 0.2) is 18.2 Å². The Morgan fingerprint density at radius 1 is 1.14 bits per heavy atom. The van der Waals surface area contributed by atoms with E-state index in [1.165, 1.54) is 6.07 Å². The summed E-state index contributed by atoms with van der Waals surface area (Å²) in [5.74, 6) is -4.27. The van der Waals surface area contributed by atoms with E-state index >= 15 is 0 Å². The van der Waals surface area contributed by atoms with Crippen molar-refractivity contribution in [1.29, 1.82) is 0 Å². The van der Waals surface area contributed by atoms with E-state index in [1.807, 2.05) is 0 Å². The van der Waals surface area contributed by atoms with Crippen LogP contribution in [0.5, 0.6) is 0 Å². The van der Waals surface area contributed by atoms with Crippen molar-refractivity contribution < 1.29 is 27.1 Å². The third-order valence-corrected chi connectivity index (χ3v) is 3.87. The van der Waals surface area contributed by atoms with Gasteiger partial charge < -0.3 is 10.0 Å². The van der Waals surface area contributed by atoms with Gasteiger partial charge in [0.2, 0.25) is 0 Å². The number of alkyl halides is 3. The van der Waals surface area contributed by atoms with Gasteiger partial charge in [-0.15, -0.1) is 0 Å². The van der Waals surface area contributed by atoms with Crippen molar-refractivity contribution in [1.82, 2.24) is 4.90 Å². The number of hydrogen-bond donors (Lipinski definition) is 1. The molecule has 0 bridgehead atoms. The summed E-state index contributed by atoms with van der Waals surface area (Å²) in [5, 5.41) is 9.05. The van der Waals surface area contributed by atoms with Crippen molar-refractivity contribution in [2.24, 2.45) is 11.8 Å². The molecule has 1 aliphatic rings. The molecular weight excluding hydrogens is 293 g/mol. The Labute approximate surface area is 119 Å². The molecule has 0 spiro atoms. The predicted octanol–water partition coefficient (Wildman–Crippen LogP) is 2.61. The number of likely N-dealkylation sites (tertiary alicyclic amines) is 1. The maximum absolute atomic E-state index is 13.0. The smallest absolute Gasteiger partial charge is 0.393 e. The maximum atomic E-state index is 13.0. The van der Waals surface area contributed by atoms with Crippen LogP contribution in [0.25, 0.3) is 0 Å². The van der Waals surface area contributed by atoms with E-state index in [2.05, 4.69) is 0 Å². The monoisotopic (exact) mass is 309 g/mol. The Morgan fingerprint density at radius 3 is 2.38 bits per heavy atom. The van der Waals surface area contributed by atoms with Crippen LogP contribution in [-0.4, -0.2) is 42.4 Å². The zero-order chi connectivity index (χ0) is 15.6. The van der Waals surface area contributed by atoms with E-state index in [0.717, 1.165) is 12.1 Å². The first-order chi connectivity index (χ1) is 9.81. The van der Waals surface area contributed by atoms with E-state index in [-0.39, 0.29) is 13.1 Å². The molecule has 0 radical (unpaired) electrons. The molecule has 0 unspecified atom stereocenters. The van der Waals surface area contributed by atoms with E-state index in [0.29, 0.717) is 18.5 Å². The molecule has 1 aromatic rings. The van der Waals surface area contributed by atoms with Crippen molar-refractivity contribution in [2.75, 3.05) is 26.2 Å². The Hall–Kier alpha value is -1.21. The lowest BCUT2D eigenvalue weighted by molar-refractivity contribution is -0.183. The molecule has 118 valence electrons. The molecule has 0 saturated carbocycles. The Bertz CT molecular complexity index is 491. The summed E-state index contributed by atoms with van der Waals surface area (Å²) < 4.78 is 64.2. The summed E-state index contributed by atoms with van der Waals surface area (Å²) in [4.78, 5) is 1.60. The van der Waals surface area contributed by atoms with Gasteiger partial charge in [0, 0.05) is 32.2 Å². The highest BCUT2D eigenvalue weighted by molar-refractivity contribution is 5.18. The van der Waals surface area contributed by atoms with Crippen molar-refractivity contribution in [3.8, 4) is 0 Å². The minimum atomic E-state index is -4.33. The number of aliphatic hydroxyl groups excluding tert-OH is 1. The van der Waals surface area contributed by atoms with Crippen molar-refractivity contribution in [2.45, 2.75) is 12.6 Å². The van der Waals surface area contributed by atoms with Gasteiger partial charge in [-0.1, -0.05) is 6.07 Å². The first kappa shape index (κ1) is 16.2. The third kappa shape index (κ3) is 3.91. The first-order valence-corrected chi connectivity index (χ1v) is 6.65. The van der Waals surface area contributed by atoms with Crippen molar-refractivity contribution in [3.05, 3.63) is 35.4 Å². The molecular formula is C14H16F5NO. The maximum Gasteiger partial charge on any atom is 0.393 e. The molecule has 1 fully saturated rings. The SMILES string of the molecule is OC[C@H]1CN(CCc2ccc(F)c(F)c2)C[C@@H]1C(F)(F)F. The first-order valence-electron chi connectivity index (χ1n) is 6.65. The zero-order valence-corrected chi connectivity index (χ0v) is 11.2. The second-order valence-corrected chi connectivity index (χ2v) is 5.35. The molecule has 0 aromatic heterocycles. The fraction of sp³-hybridized carbons (Fsp3) is 0.571. The summed E-state index contributed by atoms with van der Waals surface area (Å²) in [6, 6.07) is 3.47. The molecule has 1 heterocycles. The highest BCUT2D eigenvalue weighted by atomic mass is 19.4. The lowest BCUT2D eigenvalue weighted by atomic mass is 9.97. The minimum absolute atomic E-state index is 0.157. The van der Waals surface area contributed by atoms with Crippen LogP contribution in [0, 0.1) is 23.5 Å². The van der Waals surface area contributed by atoms with Gasteiger partial charge in [-0.25, -0.2) is 8.78 Å². The number of halogens is 5. The van der Waals surface area contributed by atoms with Crippen LogP contribution in [0.3, 0.4) is 0 Å². The summed E-state index contributed by atoms with van der Waals surface area (Å²) in [5.41, 5.74) is 0.532. The van der Waals surface area contributed by atoms with Gasteiger partial charge in [-0.2, -0.15) is 13.2 Å². The Kier molecular flexibility index (Phi) is 4.83. The molecule has 1 N–H and O–H groups in total. The van der Waals surface area contributed by atoms with Crippen LogP contribution >= 0.6 is 0 Å². The molecule has 0 amide bonds. The van der Waals surface area contributed by atoms with E-state index in [1.54, 1.807) is 4.90 Å². The molecule has 7 heteroatoms. The number of benzene rings is 1. The van der Waals surface area contributed by atoms with E-state index in [4.69, 9.17) is 5.11 Å². The molecule has 1 aromatic carbocycles. The number of nitrogens with zero attached hydrogens (tertiary/aromatic N) is 1. The molecule has 2 nitrogen and oxygen atoms in total. The Balaban J connectivity index is 1.94. The third-order valence-electron chi connectivity index (χ3n) is 3.87. The fourth-order valence-electron chi connectivity index (χ4n) is 2.68. The predicted molar refractivity (Wildman–Crippen MR) is 66.6 cm³/mol. The van der Waals surface area contributed by atoms with Crippen LogP contribution in [-0.2, 0) is 6.42 Å². The van der Waals surface area contributed by atoms with E-state index < -0.39 is 36.3 Å². The van der Waals surface area contributed by atoms with Crippen LogP contribution in [0.4, 0.5) is 22.0 Å². The lowest BCUT2D eigenvalue weighted by Crippen LogP contribution is -2.31. The van der Waals surface area contributed by atoms with E-state index in [9.17, 15) is 22.0 Å². The van der Waals surface area contributed by atoms with Gasteiger partial charge in [-0.05, 0) is 24.1 Å². The molecule has 1 saturated heterocycles.